The zero-order valence-corrected chi connectivity index (χ0v) is 13.6. The lowest BCUT2D eigenvalue weighted by Gasteiger charge is -2.09. The van der Waals surface area contributed by atoms with E-state index in [9.17, 15) is 23.3 Å². The van der Waals surface area contributed by atoms with Gasteiger partial charge >= 0.3 is 11.9 Å². The minimum atomic E-state index is -4.44. The summed E-state index contributed by atoms with van der Waals surface area (Å²) in [5.41, 5.74) is 0.278. The Morgan fingerprint density at radius 3 is 2.81 bits per heavy atom. The Bertz CT molecular complexity index is 937. The molecule has 0 amide bonds. The summed E-state index contributed by atoms with van der Waals surface area (Å²) >= 11 is 0. The van der Waals surface area contributed by atoms with Crippen molar-refractivity contribution in [2.75, 3.05) is 6.61 Å². The average molecular weight is 383 g/mol. The molecule has 142 valence electrons. The second-order valence-electron chi connectivity index (χ2n) is 5.40. The number of hydrogen-bond acceptors (Lipinski definition) is 7. The lowest BCUT2D eigenvalue weighted by molar-refractivity contribution is -0.385. The van der Waals surface area contributed by atoms with Crippen molar-refractivity contribution in [2.45, 2.75) is 19.1 Å². The van der Waals surface area contributed by atoms with E-state index in [4.69, 9.17) is 4.42 Å². The number of ether oxygens (including phenoxy) is 1. The molecule has 2 aromatic heterocycles. The molecular weight excluding hydrogens is 371 g/mol. The van der Waals surface area contributed by atoms with E-state index in [0.29, 0.717) is 5.56 Å². The number of alkyl halides is 3. The summed E-state index contributed by atoms with van der Waals surface area (Å²) in [4.78, 5) is 10.1. The average Bonchev–Trinajstić information content (AvgIpc) is 3.27. The van der Waals surface area contributed by atoms with Crippen LogP contribution in [0.4, 0.5) is 18.9 Å². The number of hydrogen-bond donors (Lipinski definition) is 0. The summed E-state index contributed by atoms with van der Waals surface area (Å²) in [7, 11) is 0. The highest BCUT2D eigenvalue weighted by atomic mass is 19.4. The van der Waals surface area contributed by atoms with Crippen LogP contribution < -0.4 is 4.74 Å². The number of aromatic nitrogens is 4. The predicted molar refractivity (Wildman–Crippen MR) is 83.9 cm³/mol. The molecule has 3 rings (SSSR count). The van der Waals surface area contributed by atoms with E-state index < -0.39 is 17.7 Å². The zero-order chi connectivity index (χ0) is 19.4. The van der Waals surface area contributed by atoms with Crippen molar-refractivity contribution in [3.05, 3.63) is 52.7 Å². The van der Waals surface area contributed by atoms with E-state index in [0.717, 1.165) is 6.20 Å². The monoisotopic (exact) mass is 383 g/mol. The molecule has 0 fully saturated rings. The maximum atomic E-state index is 12.2. The molecule has 0 spiro atoms. The van der Waals surface area contributed by atoms with Crippen LogP contribution in [0.1, 0.15) is 5.89 Å². The Labute approximate surface area is 149 Å². The van der Waals surface area contributed by atoms with Gasteiger partial charge in [0.2, 0.25) is 11.8 Å². The van der Waals surface area contributed by atoms with Gasteiger partial charge in [-0.25, -0.2) is 0 Å². The third-order valence-corrected chi connectivity index (χ3v) is 3.34. The van der Waals surface area contributed by atoms with Crippen LogP contribution in [0.5, 0.6) is 5.75 Å². The summed E-state index contributed by atoms with van der Waals surface area (Å²) in [5, 5.41) is 22.2. The maximum Gasteiger partial charge on any atom is 0.422 e. The Morgan fingerprint density at radius 1 is 1.30 bits per heavy atom. The molecule has 0 aliphatic carbocycles. The molecule has 2 heterocycles. The Kier molecular flexibility index (Phi) is 5.05. The smallest absolute Gasteiger partial charge is 0.422 e. The molecule has 12 heteroatoms. The normalized spacial score (nSPS) is 11.5. The molecule has 0 saturated carbocycles. The van der Waals surface area contributed by atoms with E-state index in [2.05, 4.69) is 20.0 Å². The van der Waals surface area contributed by atoms with Crippen molar-refractivity contribution in [3.8, 4) is 17.2 Å². The van der Waals surface area contributed by atoms with Gasteiger partial charge < -0.3 is 9.15 Å². The van der Waals surface area contributed by atoms with Crippen molar-refractivity contribution in [1.29, 1.82) is 0 Å². The fraction of sp³-hybridized carbons (Fsp3) is 0.267. The molecule has 0 unspecified atom stereocenters. The Morgan fingerprint density at radius 2 is 2.11 bits per heavy atom. The van der Waals surface area contributed by atoms with Crippen LogP contribution in [0.2, 0.25) is 0 Å². The number of halogens is 3. The first-order valence-corrected chi connectivity index (χ1v) is 7.59. The van der Waals surface area contributed by atoms with Gasteiger partial charge in [-0.2, -0.15) is 18.3 Å². The molecule has 0 aliphatic rings. The molecule has 27 heavy (non-hydrogen) atoms. The number of nitrogens with zero attached hydrogens (tertiary/aromatic N) is 5. The van der Waals surface area contributed by atoms with Crippen molar-refractivity contribution < 1.29 is 27.2 Å². The molecule has 0 N–H and O–H groups in total. The van der Waals surface area contributed by atoms with E-state index in [1.165, 1.54) is 29.1 Å². The van der Waals surface area contributed by atoms with Gasteiger partial charge in [0.25, 0.3) is 0 Å². The van der Waals surface area contributed by atoms with E-state index in [-0.39, 0.29) is 36.2 Å². The summed E-state index contributed by atoms with van der Waals surface area (Å²) in [6, 6.07) is 5.85. The third kappa shape index (κ3) is 5.03. The van der Waals surface area contributed by atoms with Crippen molar-refractivity contribution in [2.24, 2.45) is 0 Å². The minimum Gasteiger partial charge on any atom is -0.484 e. The standard InChI is InChI=1S/C15H12F3N5O4/c16-15(17,18)9-26-12-3-1-2-10(6-12)14-21-20-13(27-14)4-5-22-8-11(7-19-22)23(24)25/h1-3,6-8H,4-5,9H2. The highest BCUT2D eigenvalue weighted by molar-refractivity contribution is 5.55. The number of nitro groups is 1. The van der Waals surface area contributed by atoms with Crippen molar-refractivity contribution in [3.63, 3.8) is 0 Å². The maximum absolute atomic E-state index is 12.2. The fourth-order valence-electron chi connectivity index (χ4n) is 2.13. The highest BCUT2D eigenvalue weighted by Gasteiger charge is 2.28. The van der Waals surface area contributed by atoms with Crippen LogP contribution in [-0.2, 0) is 13.0 Å². The second kappa shape index (κ2) is 7.43. The number of aryl methyl sites for hydroxylation is 2. The van der Waals surface area contributed by atoms with Crippen molar-refractivity contribution >= 4 is 5.69 Å². The summed E-state index contributed by atoms with van der Waals surface area (Å²) in [6.07, 6.45) is -1.75. The molecule has 0 atom stereocenters. The number of benzene rings is 1. The first-order chi connectivity index (χ1) is 12.8. The predicted octanol–water partition coefficient (Wildman–Crippen LogP) is 3.03. The third-order valence-electron chi connectivity index (χ3n) is 3.34. The van der Waals surface area contributed by atoms with Crippen LogP contribution in [0.3, 0.4) is 0 Å². The van der Waals surface area contributed by atoms with Crippen LogP contribution in [0, 0.1) is 10.1 Å². The first-order valence-electron chi connectivity index (χ1n) is 7.59. The van der Waals surface area contributed by atoms with Crippen molar-refractivity contribution in [1.82, 2.24) is 20.0 Å². The summed E-state index contributed by atoms with van der Waals surface area (Å²) < 4.78 is 48.2. The van der Waals surface area contributed by atoms with Gasteiger partial charge in [-0.1, -0.05) is 6.07 Å². The SMILES string of the molecule is O=[N+]([O-])c1cnn(CCc2nnc(-c3cccc(OCC(F)(F)F)c3)o2)c1. The fourth-order valence-corrected chi connectivity index (χ4v) is 2.13. The largest absolute Gasteiger partial charge is 0.484 e. The highest BCUT2D eigenvalue weighted by Crippen LogP contribution is 2.25. The topological polar surface area (TPSA) is 109 Å². The molecule has 3 aromatic rings. The van der Waals surface area contributed by atoms with Gasteiger partial charge in [0.15, 0.2) is 6.61 Å². The molecule has 9 nitrogen and oxygen atoms in total. The van der Waals surface area contributed by atoms with Crippen LogP contribution in [0.25, 0.3) is 11.5 Å². The molecule has 1 aromatic carbocycles. The molecule has 0 saturated heterocycles. The molecule has 0 radical (unpaired) electrons. The first kappa shape index (κ1) is 18.4. The zero-order valence-electron chi connectivity index (χ0n) is 13.6. The van der Waals surface area contributed by atoms with Gasteiger partial charge in [0.05, 0.1) is 4.92 Å². The Hall–Kier alpha value is -3.44. The van der Waals surface area contributed by atoms with E-state index >= 15 is 0 Å². The quantitative estimate of drug-likeness (QED) is 0.456. The molecular formula is C15H12F3N5O4. The van der Waals surface area contributed by atoms with Crippen LogP contribution in [-0.4, -0.2) is 37.7 Å². The summed E-state index contributed by atoms with van der Waals surface area (Å²) in [5.74, 6) is 0.395. The van der Waals surface area contributed by atoms with Crippen LogP contribution >= 0.6 is 0 Å². The van der Waals surface area contributed by atoms with Gasteiger partial charge in [-0.05, 0) is 18.2 Å². The van der Waals surface area contributed by atoms with Gasteiger partial charge in [0.1, 0.15) is 18.1 Å². The second-order valence-corrected chi connectivity index (χ2v) is 5.40. The van der Waals surface area contributed by atoms with Gasteiger partial charge in [-0.3, -0.25) is 14.8 Å². The van der Waals surface area contributed by atoms with Crippen LogP contribution in [0.15, 0.2) is 41.1 Å². The molecule has 0 aliphatic heterocycles. The lowest BCUT2D eigenvalue weighted by Crippen LogP contribution is -2.19. The number of rotatable bonds is 7. The van der Waals surface area contributed by atoms with Gasteiger partial charge in [0, 0.05) is 18.5 Å². The lowest BCUT2D eigenvalue weighted by atomic mass is 10.2. The van der Waals surface area contributed by atoms with Gasteiger partial charge in [-0.15, -0.1) is 10.2 Å². The Balaban J connectivity index is 1.63. The molecule has 0 bridgehead atoms. The summed E-state index contributed by atoms with van der Waals surface area (Å²) in [6.45, 7) is -1.12. The van der Waals surface area contributed by atoms with E-state index in [1.54, 1.807) is 6.07 Å². The minimum absolute atomic E-state index is 0.0217. The van der Waals surface area contributed by atoms with E-state index in [1.807, 2.05) is 0 Å².